The lowest BCUT2D eigenvalue weighted by Gasteiger charge is -2.21. The van der Waals surface area contributed by atoms with Gasteiger partial charge in [0.25, 0.3) is 0 Å². The Hall–Kier alpha value is -3.13. The molecule has 0 saturated carbocycles. The highest BCUT2D eigenvalue weighted by molar-refractivity contribution is 6.01. The molecule has 0 aromatic heterocycles. The maximum Gasteiger partial charge on any atom is 0.244 e. The predicted octanol–water partition coefficient (Wildman–Crippen LogP) is 3.11. The highest BCUT2D eigenvalue weighted by Gasteiger charge is 2.16. The quantitative estimate of drug-likeness (QED) is 0.919. The van der Waals surface area contributed by atoms with Crippen LogP contribution < -0.4 is 10.2 Å². The summed E-state index contributed by atoms with van der Waals surface area (Å²) in [5.41, 5.74) is 2.84. The van der Waals surface area contributed by atoms with Gasteiger partial charge in [-0.25, -0.2) is 0 Å². The van der Waals surface area contributed by atoms with Crippen LogP contribution in [0.2, 0.25) is 0 Å². The number of amides is 2. The van der Waals surface area contributed by atoms with Gasteiger partial charge in [0.05, 0.1) is 11.6 Å². The molecule has 0 saturated heterocycles. The lowest BCUT2D eigenvalue weighted by molar-refractivity contribution is -0.120. The third-order valence-corrected chi connectivity index (χ3v) is 3.61. The van der Waals surface area contributed by atoms with Crippen molar-refractivity contribution in [1.82, 2.24) is 0 Å². The standard InChI is InChI=1S/C19H19N3O2/c1-3-15-7-9-17(10-8-15)21-19(24)13-22(14(2)23)18-6-4-5-16(11-18)12-20/h4-11H,3,13H2,1-2H3,(H,21,24). The van der Waals surface area contributed by atoms with Crippen molar-refractivity contribution in [1.29, 1.82) is 5.26 Å². The molecule has 24 heavy (non-hydrogen) atoms. The molecule has 2 aromatic rings. The number of rotatable bonds is 5. The summed E-state index contributed by atoms with van der Waals surface area (Å²) in [5, 5.41) is 11.7. The van der Waals surface area contributed by atoms with Crippen LogP contribution in [0.4, 0.5) is 11.4 Å². The monoisotopic (exact) mass is 321 g/mol. The molecule has 5 nitrogen and oxygen atoms in total. The molecule has 5 heteroatoms. The lowest BCUT2D eigenvalue weighted by Crippen LogP contribution is -2.36. The summed E-state index contributed by atoms with van der Waals surface area (Å²) >= 11 is 0. The summed E-state index contributed by atoms with van der Waals surface area (Å²) in [7, 11) is 0. The first-order chi connectivity index (χ1) is 11.5. The minimum atomic E-state index is -0.295. The molecule has 122 valence electrons. The van der Waals surface area contributed by atoms with Gasteiger partial charge in [0.1, 0.15) is 6.54 Å². The van der Waals surface area contributed by atoms with Crippen molar-refractivity contribution in [3.05, 3.63) is 59.7 Å². The summed E-state index contributed by atoms with van der Waals surface area (Å²) in [6.45, 7) is 3.34. The molecule has 2 aromatic carbocycles. The van der Waals surface area contributed by atoms with Gasteiger partial charge in [-0.1, -0.05) is 25.1 Å². The number of nitriles is 1. The van der Waals surface area contributed by atoms with Gasteiger partial charge in [0, 0.05) is 18.3 Å². The second kappa shape index (κ2) is 7.93. The highest BCUT2D eigenvalue weighted by Crippen LogP contribution is 2.17. The predicted molar refractivity (Wildman–Crippen MR) is 93.6 cm³/mol. The van der Waals surface area contributed by atoms with E-state index >= 15 is 0 Å². The van der Waals surface area contributed by atoms with E-state index in [9.17, 15) is 9.59 Å². The van der Waals surface area contributed by atoms with E-state index in [0.717, 1.165) is 6.42 Å². The van der Waals surface area contributed by atoms with Crippen molar-refractivity contribution in [2.75, 3.05) is 16.8 Å². The van der Waals surface area contributed by atoms with Crippen LogP contribution in [0.3, 0.4) is 0 Å². The zero-order valence-corrected chi connectivity index (χ0v) is 13.7. The fraction of sp³-hybridized carbons (Fsp3) is 0.211. The SMILES string of the molecule is CCc1ccc(NC(=O)CN(C(C)=O)c2cccc(C#N)c2)cc1. The fourth-order valence-corrected chi connectivity index (χ4v) is 2.30. The maximum absolute atomic E-state index is 12.2. The average molecular weight is 321 g/mol. The van der Waals surface area contributed by atoms with E-state index in [1.165, 1.54) is 17.4 Å². The zero-order valence-electron chi connectivity index (χ0n) is 13.7. The molecule has 0 atom stereocenters. The van der Waals surface area contributed by atoms with E-state index in [4.69, 9.17) is 5.26 Å². The Balaban J connectivity index is 2.10. The molecule has 0 unspecified atom stereocenters. The topological polar surface area (TPSA) is 73.2 Å². The van der Waals surface area contributed by atoms with E-state index in [1.807, 2.05) is 30.3 Å². The van der Waals surface area contributed by atoms with Crippen molar-refractivity contribution >= 4 is 23.2 Å². The second-order valence-electron chi connectivity index (χ2n) is 5.37. The first kappa shape index (κ1) is 17.2. The number of hydrogen-bond acceptors (Lipinski definition) is 3. The number of carbonyl (C=O) groups excluding carboxylic acids is 2. The van der Waals surface area contributed by atoms with Crippen LogP contribution in [0.15, 0.2) is 48.5 Å². The summed E-state index contributed by atoms with van der Waals surface area (Å²) in [6.07, 6.45) is 0.932. The molecule has 0 bridgehead atoms. The average Bonchev–Trinajstić information content (AvgIpc) is 2.60. The van der Waals surface area contributed by atoms with Crippen molar-refractivity contribution in [2.24, 2.45) is 0 Å². The third-order valence-electron chi connectivity index (χ3n) is 3.61. The zero-order chi connectivity index (χ0) is 17.5. The number of anilines is 2. The Labute approximate surface area is 141 Å². The molecule has 0 aliphatic heterocycles. The molecule has 0 spiro atoms. The van der Waals surface area contributed by atoms with Crippen LogP contribution in [0, 0.1) is 11.3 Å². The number of nitrogens with zero attached hydrogens (tertiary/aromatic N) is 2. The molecule has 0 aliphatic rings. The van der Waals surface area contributed by atoms with Crippen molar-refractivity contribution in [3.63, 3.8) is 0 Å². The van der Waals surface area contributed by atoms with E-state index < -0.39 is 0 Å². The van der Waals surface area contributed by atoms with E-state index in [2.05, 4.69) is 12.2 Å². The van der Waals surface area contributed by atoms with Gasteiger partial charge in [-0.05, 0) is 42.3 Å². The molecule has 0 fully saturated rings. The summed E-state index contributed by atoms with van der Waals surface area (Å²) in [6, 6.07) is 16.2. The largest absolute Gasteiger partial charge is 0.325 e. The Kier molecular flexibility index (Phi) is 5.69. The summed E-state index contributed by atoms with van der Waals surface area (Å²) in [4.78, 5) is 25.5. The van der Waals surface area contributed by atoms with Crippen molar-refractivity contribution < 1.29 is 9.59 Å². The number of carbonyl (C=O) groups is 2. The Morgan fingerprint density at radius 1 is 1.17 bits per heavy atom. The van der Waals surface area contributed by atoms with Gasteiger partial charge >= 0.3 is 0 Å². The second-order valence-corrected chi connectivity index (χ2v) is 5.37. The van der Waals surface area contributed by atoms with Crippen molar-refractivity contribution in [2.45, 2.75) is 20.3 Å². The van der Waals surface area contributed by atoms with Gasteiger partial charge in [-0.3, -0.25) is 9.59 Å². The van der Waals surface area contributed by atoms with Crippen LogP contribution in [-0.4, -0.2) is 18.4 Å². The Morgan fingerprint density at radius 2 is 1.88 bits per heavy atom. The molecule has 1 N–H and O–H groups in total. The fourth-order valence-electron chi connectivity index (χ4n) is 2.30. The smallest absolute Gasteiger partial charge is 0.244 e. The molecule has 0 aliphatic carbocycles. The molecular formula is C19H19N3O2. The van der Waals surface area contributed by atoms with E-state index in [-0.39, 0.29) is 18.4 Å². The molecule has 0 radical (unpaired) electrons. The summed E-state index contributed by atoms with van der Waals surface area (Å²) in [5.74, 6) is -0.557. The summed E-state index contributed by atoms with van der Waals surface area (Å²) < 4.78 is 0. The number of hydrogen-bond donors (Lipinski definition) is 1. The van der Waals surface area contributed by atoms with Gasteiger partial charge in [0.15, 0.2) is 0 Å². The minimum absolute atomic E-state index is 0.111. The van der Waals surface area contributed by atoms with Gasteiger partial charge in [-0.2, -0.15) is 5.26 Å². The minimum Gasteiger partial charge on any atom is -0.325 e. The van der Waals surface area contributed by atoms with Crippen molar-refractivity contribution in [3.8, 4) is 6.07 Å². The Bertz CT molecular complexity index is 776. The molecule has 2 rings (SSSR count). The van der Waals surface area contributed by atoms with Crippen LogP contribution in [-0.2, 0) is 16.0 Å². The van der Waals surface area contributed by atoms with Crippen LogP contribution in [0.5, 0.6) is 0 Å². The van der Waals surface area contributed by atoms with Crippen LogP contribution in [0.1, 0.15) is 25.0 Å². The first-order valence-corrected chi connectivity index (χ1v) is 7.70. The third kappa shape index (κ3) is 4.43. The number of benzene rings is 2. The van der Waals surface area contributed by atoms with Gasteiger partial charge < -0.3 is 10.2 Å². The first-order valence-electron chi connectivity index (χ1n) is 7.70. The normalized spacial score (nSPS) is 9.88. The van der Waals surface area contributed by atoms with Gasteiger partial charge in [-0.15, -0.1) is 0 Å². The number of aryl methyl sites for hydroxylation is 1. The molecule has 2 amide bonds. The van der Waals surface area contributed by atoms with E-state index in [1.54, 1.807) is 24.3 Å². The lowest BCUT2D eigenvalue weighted by atomic mass is 10.1. The molecule has 0 heterocycles. The van der Waals surface area contributed by atoms with Gasteiger partial charge in [0.2, 0.25) is 11.8 Å². The van der Waals surface area contributed by atoms with E-state index in [0.29, 0.717) is 16.9 Å². The van der Waals surface area contributed by atoms with Crippen LogP contribution >= 0.6 is 0 Å². The number of nitrogens with one attached hydrogen (secondary N) is 1. The highest BCUT2D eigenvalue weighted by atomic mass is 16.2. The Morgan fingerprint density at radius 3 is 2.46 bits per heavy atom. The maximum atomic E-state index is 12.2. The molecular weight excluding hydrogens is 302 g/mol. The van der Waals surface area contributed by atoms with Crippen LogP contribution in [0.25, 0.3) is 0 Å².